The normalized spacial score (nSPS) is 16.3. The van der Waals surface area contributed by atoms with Crippen LogP contribution in [0.2, 0.25) is 0 Å². The van der Waals surface area contributed by atoms with Crippen LogP contribution in [0.15, 0.2) is 24.3 Å². The molecule has 0 heterocycles. The van der Waals surface area contributed by atoms with E-state index in [0.717, 1.165) is 25.7 Å². The molecule has 0 aliphatic heterocycles. The van der Waals surface area contributed by atoms with Crippen molar-refractivity contribution in [1.82, 2.24) is 5.32 Å². The monoisotopic (exact) mass is 404 g/mol. The molecule has 2 rings (SSSR count). The van der Waals surface area contributed by atoms with Crippen molar-refractivity contribution in [3.8, 4) is 0 Å². The molecule has 7 nitrogen and oxygen atoms in total. The number of hydrogen-bond donors (Lipinski definition) is 2. The molecule has 0 spiro atoms. The van der Waals surface area contributed by atoms with E-state index in [1.165, 1.54) is 25.0 Å². The van der Waals surface area contributed by atoms with Crippen molar-refractivity contribution < 1.29 is 23.9 Å². The number of nitrogens with one attached hydrogen (secondary N) is 2. The first-order valence-electron chi connectivity index (χ1n) is 10.3. The lowest BCUT2D eigenvalue weighted by Gasteiger charge is -2.20. The quantitative estimate of drug-likeness (QED) is 0.560. The van der Waals surface area contributed by atoms with Crippen molar-refractivity contribution in [3.05, 3.63) is 29.8 Å². The van der Waals surface area contributed by atoms with Gasteiger partial charge in [0.15, 0.2) is 6.10 Å². The van der Waals surface area contributed by atoms with Gasteiger partial charge in [0.25, 0.3) is 5.91 Å². The SMILES string of the molecule is C[C@H](OC(=O)c1ccc(NC(=O)OC(C)(C)C)cc1)C(=O)NC1CCCCCC1. The summed E-state index contributed by atoms with van der Waals surface area (Å²) in [6, 6.07) is 6.38. The number of hydrogen-bond acceptors (Lipinski definition) is 5. The third kappa shape index (κ3) is 8.13. The highest BCUT2D eigenvalue weighted by atomic mass is 16.6. The van der Waals surface area contributed by atoms with Crippen LogP contribution < -0.4 is 10.6 Å². The summed E-state index contributed by atoms with van der Waals surface area (Å²) in [6.07, 6.45) is 5.13. The van der Waals surface area contributed by atoms with Crippen LogP contribution in [0, 0.1) is 0 Å². The molecule has 1 aliphatic carbocycles. The minimum Gasteiger partial charge on any atom is -0.449 e. The first-order chi connectivity index (χ1) is 13.6. The van der Waals surface area contributed by atoms with Crippen LogP contribution in [0.3, 0.4) is 0 Å². The molecule has 1 aromatic rings. The fourth-order valence-electron chi connectivity index (χ4n) is 3.14. The molecule has 160 valence electrons. The van der Waals surface area contributed by atoms with E-state index in [0.29, 0.717) is 11.3 Å². The third-order valence-corrected chi connectivity index (χ3v) is 4.62. The zero-order valence-electron chi connectivity index (χ0n) is 17.7. The minimum atomic E-state index is -0.870. The van der Waals surface area contributed by atoms with Crippen LogP contribution in [0.4, 0.5) is 10.5 Å². The molecule has 2 N–H and O–H groups in total. The van der Waals surface area contributed by atoms with Gasteiger partial charge in [0.05, 0.1) is 5.56 Å². The second-order valence-corrected chi connectivity index (χ2v) is 8.45. The van der Waals surface area contributed by atoms with Crippen molar-refractivity contribution >= 4 is 23.7 Å². The van der Waals surface area contributed by atoms with Crippen molar-refractivity contribution in [2.45, 2.75) is 84.0 Å². The molecule has 1 fully saturated rings. The van der Waals surface area contributed by atoms with Gasteiger partial charge in [0.1, 0.15) is 5.60 Å². The van der Waals surface area contributed by atoms with E-state index < -0.39 is 23.8 Å². The van der Waals surface area contributed by atoms with Crippen molar-refractivity contribution in [2.24, 2.45) is 0 Å². The van der Waals surface area contributed by atoms with Gasteiger partial charge in [0, 0.05) is 11.7 Å². The fraction of sp³-hybridized carbons (Fsp3) is 0.591. The summed E-state index contributed by atoms with van der Waals surface area (Å²) in [5.74, 6) is -0.856. The molecule has 0 aromatic heterocycles. The first kappa shape index (κ1) is 22.7. The van der Waals surface area contributed by atoms with E-state index in [2.05, 4.69) is 10.6 Å². The van der Waals surface area contributed by atoms with E-state index in [-0.39, 0.29) is 11.9 Å². The number of amides is 2. The number of anilines is 1. The summed E-state index contributed by atoms with van der Waals surface area (Å²) in [5.41, 5.74) is 0.199. The van der Waals surface area contributed by atoms with Crippen LogP contribution >= 0.6 is 0 Å². The highest BCUT2D eigenvalue weighted by molar-refractivity contribution is 5.93. The second kappa shape index (κ2) is 10.3. The molecule has 0 bridgehead atoms. The number of carbonyl (C=O) groups is 3. The molecule has 0 radical (unpaired) electrons. The molecule has 1 aliphatic rings. The summed E-state index contributed by atoms with van der Waals surface area (Å²) in [5, 5.41) is 5.58. The van der Waals surface area contributed by atoms with E-state index >= 15 is 0 Å². The Morgan fingerprint density at radius 2 is 1.59 bits per heavy atom. The Balaban J connectivity index is 1.84. The number of benzene rings is 1. The van der Waals surface area contributed by atoms with Crippen molar-refractivity contribution in [2.75, 3.05) is 5.32 Å². The van der Waals surface area contributed by atoms with Gasteiger partial charge in [-0.1, -0.05) is 25.7 Å². The van der Waals surface area contributed by atoms with E-state index in [1.807, 2.05) is 0 Å². The predicted molar refractivity (Wildman–Crippen MR) is 111 cm³/mol. The van der Waals surface area contributed by atoms with Crippen LogP contribution in [0.25, 0.3) is 0 Å². The fourth-order valence-corrected chi connectivity index (χ4v) is 3.14. The van der Waals surface area contributed by atoms with Gasteiger partial charge in [0.2, 0.25) is 0 Å². The Kier molecular flexibility index (Phi) is 8.05. The molecular weight excluding hydrogens is 372 g/mol. The van der Waals surface area contributed by atoms with Crippen molar-refractivity contribution in [1.29, 1.82) is 0 Å². The molecule has 1 aromatic carbocycles. The maximum Gasteiger partial charge on any atom is 0.412 e. The number of rotatable bonds is 5. The summed E-state index contributed by atoms with van der Waals surface area (Å²) < 4.78 is 10.5. The highest BCUT2D eigenvalue weighted by Crippen LogP contribution is 2.18. The summed E-state index contributed by atoms with van der Waals surface area (Å²) in [4.78, 5) is 36.4. The van der Waals surface area contributed by atoms with Gasteiger partial charge in [-0.15, -0.1) is 0 Å². The zero-order valence-corrected chi connectivity index (χ0v) is 17.7. The maximum atomic E-state index is 12.3. The van der Waals surface area contributed by atoms with Gasteiger partial charge in [-0.2, -0.15) is 0 Å². The van der Waals surface area contributed by atoms with Crippen LogP contribution in [-0.4, -0.2) is 35.7 Å². The third-order valence-electron chi connectivity index (χ3n) is 4.62. The van der Waals surface area contributed by atoms with Gasteiger partial charge in [-0.3, -0.25) is 10.1 Å². The number of carbonyl (C=O) groups excluding carboxylic acids is 3. The van der Waals surface area contributed by atoms with Gasteiger partial charge in [-0.05, 0) is 64.8 Å². The minimum absolute atomic E-state index is 0.157. The smallest absolute Gasteiger partial charge is 0.412 e. The van der Waals surface area contributed by atoms with Gasteiger partial charge >= 0.3 is 12.1 Å². The molecular formula is C22H32N2O5. The van der Waals surface area contributed by atoms with E-state index in [9.17, 15) is 14.4 Å². The lowest BCUT2D eigenvalue weighted by atomic mass is 10.1. The van der Waals surface area contributed by atoms with E-state index in [4.69, 9.17) is 9.47 Å². The Labute approximate surface area is 172 Å². The number of esters is 1. The molecule has 1 atom stereocenters. The Morgan fingerprint density at radius 3 is 2.14 bits per heavy atom. The molecule has 1 saturated carbocycles. The maximum absolute atomic E-state index is 12.3. The highest BCUT2D eigenvalue weighted by Gasteiger charge is 2.22. The largest absolute Gasteiger partial charge is 0.449 e. The lowest BCUT2D eigenvalue weighted by molar-refractivity contribution is -0.129. The Morgan fingerprint density at radius 1 is 1.00 bits per heavy atom. The summed E-state index contributed by atoms with van der Waals surface area (Å²) in [6.45, 7) is 6.90. The average molecular weight is 405 g/mol. The first-order valence-corrected chi connectivity index (χ1v) is 10.3. The summed E-state index contributed by atoms with van der Waals surface area (Å²) in [7, 11) is 0. The standard InChI is InChI=1S/C22H32N2O5/c1-15(19(25)23-17-9-7-5-6-8-10-17)28-20(26)16-11-13-18(14-12-16)24-21(27)29-22(2,3)4/h11-15,17H,5-10H2,1-4H3,(H,23,25)(H,24,27)/t15-/m0/s1. The number of ether oxygens (including phenoxy) is 2. The molecule has 2 amide bonds. The average Bonchev–Trinajstić information content (AvgIpc) is 2.89. The topological polar surface area (TPSA) is 93.7 Å². The Hall–Kier alpha value is -2.57. The summed E-state index contributed by atoms with van der Waals surface area (Å²) >= 11 is 0. The van der Waals surface area contributed by atoms with Crippen LogP contribution in [-0.2, 0) is 14.3 Å². The molecule has 29 heavy (non-hydrogen) atoms. The molecule has 7 heteroatoms. The van der Waals surface area contributed by atoms with Gasteiger partial charge < -0.3 is 14.8 Å². The molecule has 0 unspecified atom stereocenters. The predicted octanol–water partition coefficient (Wildman–Crippen LogP) is 4.42. The molecule has 0 saturated heterocycles. The van der Waals surface area contributed by atoms with E-state index in [1.54, 1.807) is 39.8 Å². The zero-order chi connectivity index (χ0) is 21.4. The van der Waals surface area contributed by atoms with Crippen molar-refractivity contribution in [3.63, 3.8) is 0 Å². The van der Waals surface area contributed by atoms with Crippen LogP contribution in [0.5, 0.6) is 0 Å². The Bertz CT molecular complexity index is 701. The van der Waals surface area contributed by atoms with Gasteiger partial charge in [-0.25, -0.2) is 9.59 Å². The second-order valence-electron chi connectivity index (χ2n) is 8.45. The van der Waals surface area contributed by atoms with Crippen LogP contribution in [0.1, 0.15) is 76.6 Å². The lowest BCUT2D eigenvalue weighted by Crippen LogP contribution is -2.41.